The van der Waals surface area contributed by atoms with E-state index >= 15 is 0 Å². The van der Waals surface area contributed by atoms with Crippen LogP contribution in [-0.2, 0) is 16.2 Å². The van der Waals surface area contributed by atoms with E-state index in [0.29, 0.717) is 21.4 Å². The van der Waals surface area contributed by atoms with E-state index < -0.39 is 22.8 Å². The molecule has 1 N–H and O–H groups in total. The molecule has 3 aromatic rings. The molecule has 3 aromatic carbocycles. The maximum Gasteiger partial charge on any atom is 0.335 e. The van der Waals surface area contributed by atoms with Gasteiger partial charge in [-0.1, -0.05) is 41.4 Å². The van der Waals surface area contributed by atoms with Crippen LogP contribution >= 0.6 is 23.2 Å². The first-order valence-corrected chi connectivity index (χ1v) is 10.8. The van der Waals surface area contributed by atoms with Crippen LogP contribution in [0.1, 0.15) is 11.1 Å². The molecule has 1 heterocycles. The summed E-state index contributed by atoms with van der Waals surface area (Å²) in [7, 11) is 0. The molecule has 1 fully saturated rings. The van der Waals surface area contributed by atoms with E-state index in [4.69, 9.17) is 27.9 Å². The first kappa shape index (κ1) is 23.9. The number of imide groups is 2. The molecule has 0 aliphatic carbocycles. The predicted molar refractivity (Wildman–Crippen MR) is 129 cm³/mol. The van der Waals surface area contributed by atoms with Gasteiger partial charge >= 0.3 is 6.03 Å². The third kappa shape index (κ3) is 5.32. The van der Waals surface area contributed by atoms with Gasteiger partial charge in [0.05, 0.1) is 10.6 Å². The number of non-ortho nitro benzene ring substituents is 1. The Kier molecular flexibility index (Phi) is 6.81. The lowest BCUT2D eigenvalue weighted by atomic mass is 10.1. The van der Waals surface area contributed by atoms with E-state index in [0.717, 1.165) is 22.6 Å². The number of nitrogens with zero attached hydrogens (tertiary/aromatic N) is 2. The summed E-state index contributed by atoms with van der Waals surface area (Å²) in [6.07, 6.45) is 1.34. The summed E-state index contributed by atoms with van der Waals surface area (Å²) in [5, 5.41) is 14.0. The summed E-state index contributed by atoms with van der Waals surface area (Å²) in [6, 6.07) is 15.5. The topological polar surface area (TPSA) is 119 Å². The summed E-state index contributed by atoms with van der Waals surface area (Å²) in [5.74, 6) is -1.18. The van der Waals surface area contributed by atoms with Crippen LogP contribution in [0.2, 0.25) is 10.0 Å². The van der Waals surface area contributed by atoms with E-state index in [9.17, 15) is 24.5 Å². The zero-order valence-electron chi connectivity index (χ0n) is 17.7. The number of ether oxygens (including phenoxy) is 1. The quantitative estimate of drug-likeness (QED) is 0.211. The molecule has 4 amide bonds. The monoisotopic (exact) mass is 511 g/mol. The largest absolute Gasteiger partial charge is 0.489 e. The molecule has 9 nitrogen and oxygen atoms in total. The molecule has 1 aliphatic rings. The van der Waals surface area contributed by atoms with Crippen LogP contribution in [0.25, 0.3) is 6.08 Å². The molecule has 35 heavy (non-hydrogen) atoms. The number of amides is 4. The molecule has 0 spiro atoms. The van der Waals surface area contributed by atoms with Gasteiger partial charge < -0.3 is 4.74 Å². The van der Waals surface area contributed by atoms with Crippen LogP contribution in [0.4, 0.5) is 16.2 Å². The van der Waals surface area contributed by atoms with Gasteiger partial charge in [0.25, 0.3) is 17.5 Å². The Bertz CT molecular complexity index is 1370. The Morgan fingerprint density at radius 1 is 0.971 bits per heavy atom. The van der Waals surface area contributed by atoms with Crippen molar-refractivity contribution >= 4 is 58.5 Å². The summed E-state index contributed by atoms with van der Waals surface area (Å²) < 4.78 is 5.72. The van der Waals surface area contributed by atoms with Crippen molar-refractivity contribution in [1.82, 2.24) is 5.32 Å². The smallest absolute Gasteiger partial charge is 0.335 e. The lowest BCUT2D eigenvalue weighted by Crippen LogP contribution is -2.54. The fraction of sp³-hybridized carbons (Fsp3) is 0.0417. The zero-order valence-corrected chi connectivity index (χ0v) is 19.2. The molecule has 0 unspecified atom stereocenters. The molecule has 0 radical (unpaired) electrons. The number of nitro benzene ring substituents is 1. The lowest BCUT2D eigenvalue weighted by Gasteiger charge is -2.26. The van der Waals surface area contributed by atoms with Crippen LogP contribution < -0.4 is 15.0 Å². The average Bonchev–Trinajstić information content (AvgIpc) is 2.82. The number of nitro groups is 1. The van der Waals surface area contributed by atoms with Crippen molar-refractivity contribution < 1.29 is 24.0 Å². The fourth-order valence-corrected chi connectivity index (χ4v) is 3.71. The number of halogens is 2. The normalized spacial score (nSPS) is 14.7. The second kappa shape index (κ2) is 9.96. The summed E-state index contributed by atoms with van der Waals surface area (Å²) in [5.41, 5.74) is 0.873. The van der Waals surface area contributed by atoms with Gasteiger partial charge in [0, 0.05) is 27.7 Å². The van der Waals surface area contributed by atoms with Gasteiger partial charge in [0.2, 0.25) is 0 Å². The molecule has 0 atom stereocenters. The Hall–Kier alpha value is -4.21. The van der Waals surface area contributed by atoms with Crippen molar-refractivity contribution in [3.8, 4) is 5.75 Å². The standard InChI is InChI=1S/C24H15Cl2N3O6/c25-16-4-3-15(21(26)12-16)13-35-19-9-1-14(2-10-19)11-20-22(30)27-24(32)28(23(20)31)17-5-7-18(8-6-17)29(33)34/h1-12H,13H2,(H,27,30,32)/b20-11+. The second-order valence-electron chi connectivity index (χ2n) is 7.32. The van der Waals surface area contributed by atoms with Crippen LogP contribution in [0.15, 0.2) is 72.3 Å². The van der Waals surface area contributed by atoms with Crippen molar-refractivity contribution in [2.45, 2.75) is 6.61 Å². The maximum atomic E-state index is 12.9. The summed E-state index contributed by atoms with van der Waals surface area (Å²) >= 11 is 12.0. The van der Waals surface area contributed by atoms with Gasteiger partial charge in [-0.05, 0) is 48.0 Å². The number of barbiturate groups is 1. The molecule has 11 heteroatoms. The van der Waals surface area contributed by atoms with E-state index in [1.807, 2.05) is 0 Å². The minimum atomic E-state index is -0.949. The third-order valence-corrected chi connectivity index (χ3v) is 5.61. The van der Waals surface area contributed by atoms with E-state index in [-0.39, 0.29) is 23.6 Å². The first-order valence-electron chi connectivity index (χ1n) is 10.1. The van der Waals surface area contributed by atoms with Crippen LogP contribution in [0.5, 0.6) is 5.75 Å². The zero-order chi connectivity index (χ0) is 25.1. The Morgan fingerprint density at radius 3 is 2.29 bits per heavy atom. The summed E-state index contributed by atoms with van der Waals surface area (Å²) in [4.78, 5) is 48.6. The van der Waals surface area contributed by atoms with Gasteiger partial charge in [-0.3, -0.25) is 25.0 Å². The highest BCUT2D eigenvalue weighted by Crippen LogP contribution is 2.26. The molecule has 0 aromatic heterocycles. The molecule has 1 aliphatic heterocycles. The van der Waals surface area contributed by atoms with Crippen molar-refractivity contribution in [1.29, 1.82) is 0 Å². The number of benzene rings is 3. The Labute approximate surface area is 208 Å². The molecule has 4 rings (SSSR count). The van der Waals surface area contributed by atoms with E-state index in [1.54, 1.807) is 42.5 Å². The number of rotatable bonds is 6. The Morgan fingerprint density at radius 2 is 1.66 bits per heavy atom. The number of hydrogen-bond acceptors (Lipinski definition) is 6. The molecule has 0 bridgehead atoms. The molecule has 1 saturated heterocycles. The first-order chi connectivity index (χ1) is 16.7. The number of anilines is 1. The minimum Gasteiger partial charge on any atom is -0.489 e. The molecular weight excluding hydrogens is 497 g/mol. The lowest BCUT2D eigenvalue weighted by molar-refractivity contribution is -0.384. The highest BCUT2D eigenvalue weighted by atomic mass is 35.5. The van der Waals surface area contributed by atoms with Gasteiger partial charge in [-0.2, -0.15) is 0 Å². The molecular formula is C24H15Cl2N3O6. The van der Waals surface area contributed by atoms with Gasteiger partial charge in [0.15, 0.2) is 0 Å². The number of nitrogens with one attached hydrogen (secondary N) is 1. The minimum absolute atomic E-state index is 0.0844. The number of hydrogen-bond donors (Lipinski definition) is 1. The van der Waals surface area contributed by atoms with Gasteiger partial charge in [0.1, 0.15) is 17.9 Å². The van der Waals surface area contributed by atoms with E-state index in [1.165, 1.54) is 18.2 Å². The average molecular weight is 512 g/mol. The maximum absolute atomic E-state index is 12.9. The highest BCUT2D eigenvalue weighted by molar-refractivity contribution is 6.39. The predicted octanol–water partition coefficient (Wildman–Crippen LogP) is 5.15. The molecule has 176 valence electrons. The number of carbonyl (C=O) groups is 3. The fourth-order valence-electron chi connectivity index (χ4n) is 3.24. The van der Waals surface area contributed by atoms with Crippen molar-refractivity contribution in [2.75, 3.05) is 4.90 Å². The number of carbonyl (C=O) groups excluding carboxylic acids is 3. The van der Waals surface area contributed by atoms with Crippen LogP contribution in [-0.4, -0.2) is 22.8 Å². The summed E-state index contributed by atoms with van der Waals surface area (Å²) in [6.45, 7) is 0.212. The van der Waals surface area contributed by atoms with Crippen molar-refractivity contribution in [2.24, 2.45) is 0 Å². The van der Waals surface area contributed by atoms with Crippen LogP contribution in [0, 0.1) is 10.1 Å². The van der Waals surface area contributed by atoms with Gasteiger partial charge in [-0.15, -0.1) is 0 Å². The SMILES string of the molecule is O=C1NC(=O)N(c2ccc([N+](=O)[O-])cc2)C(=O)/C1=C/c1ccc(OCc2ccc(Cl)cc2Cl)cc1. The van der Waals surface area contributed by atoms with Crippen LogP contribution in [0.3, 0.4) is 0 Å². The Balaban J connectivity index is 1.51. The highest BCUT2D eigenvalue weighted by Gasteiger charge is 2.36. The second-order valence-corrected chi connectivity index (χ2v) is 8.17. The van der Waals surface area contributed by atoms with Crippen molar-refractivity contribution in [3.63, 3.8) is 0 Å². The van der Waals surface area contributed by atoms with E-state index in [2.05, 4.69) is 5.32 Å². The third-order valence-electron chi connectivity index (χ3n) is 5.02. The molecule has 0 saturated carbocycles. The number of urea groups is 1. The van der Waals surface area contributed by atoms with Gasteiger partial charge in [-0.25, -0.2) is 9.69 Å². The van der Waals surface area contributed by atoms with Crippen molar-refractivity contribution in [3.05, 3.63) is 104 Å².